The van der Waals surface area contributed by atoms with Crippen molar-refractivity contribution in [2.45, 2.75) is 36.6 Å². The molecule has 0 aliphatic carbocycles. The van der Waals surface area contributed by atoms with Crippen LogP contribution in [0.5, 0.6) is 0 Å². The Labute approximate surface area is 210 Å². The van der Waals surface area contributed by atoms with E-state index in [-0.39, 0.29) is 16.4 Å². The molecule has 0 spiro atoms. The van der Waals surface area contributed by atoms with Crippen LogP contribution in [0.2, 0.25) is 0 Å². The number of hydrogen-bond acceptors (Lipinski definition) is 18. The zero-order chi connectivity index (χ0) is 24.3. The third-order valence-corrected chi connectivity index (χ3v) is 11.0. The number of aliphatic hydroxyl groups is 6. The van der Waals surface area contributed by atoms with Crippen LogP contribution in [0.3, 0.4) is 0 Å². The Morgan fingerprint density at radius 3 is 1.00 bits per heavy atom. The number of carbonyl (C=O) groups excluding carboxylic acids is 6. The first-order valence-electron chi connectivity index (χ1n) is 7.83. The van der Waals surface area contributed by atoms with Crippen LogP contribution in [-0.2, 0) is 45.6 Å². The van der Waals surface area contributed by atoms with Gasteiger partial charge < -0.3 is 16.4 Å². The summed E-state index contributed by atoms with van der Waals surface area (Å²) in [6.07, 6.45) is -14.8. The molecular weight excluding hydrogens is 898 g/mol. The molecule has 2 aliphatic rings. The zero-order valence-electron chi connectivity index (χ0n) is 16.4. The van der Waals surface area contributed by atoms with E-state index in [0.29, 0.717) is 0 Å². The van der Waals surface area contributed by atoms with Crippen LogP contribution >= 0.6 is 0 Å². The summed E-state index contributed by atoms with van der Waals surface area (Å²) in [6, 6.07) is 0. The fourth-order valence-electron chi connectivity index (χ4n) is 1.65. The molecule has 0 radical (unpaired) electrons. The van der Waals surface area contributed by atoms with Crippen molar-refractivity contribution in [3.8, 4) is 0 Å². The molecule has 2 saturated heterocycles. The fourth-order valence-corrected chi connectivity index (χ4v) is 8.47. The van der Waals surface area contributed by atoms with Crippen molar-refractivity contribution in [3.63, 3.8) is 0 Å². The van der Waals surface area contributed by atoms with Crippen LogP contribution in [0, 0.1) is 0 Å². The molecule has 2 heterocycles. The summed E-state index contributed by atoms with van der Waals surface area (Å²) in [5.74, 6) is -9.99. The van der Waals surface area contributed by atoms with Gasteiger partial charge in [-0.25, -0.2) is 0 Å². The molecule has 0 aromatic carbocycles. The molecule has 202 valence electrons. The SMILES string of the molecule is O.O.O.O=C1[O][Bi]([O]C(=O)C(O)C(O)C(=O)[O][Bi]2[O]C(=O)C(O)C(O)C(=O)[O]2)[O]C(=O)C(O)C1O. The molecule has 6 unspecified atom stereocenters. The second kappa shape index (κ2) is 14.7. The molecule has 2 rings (SSSR count). The van der Waals surface area contributed by atoms with Gasteiger partial charge in [-0.05, 0) is 0 Å². The number of rotatable bonds is 5. The molecule has 2 fully saturated rings. The van der Waals surface area contributed by atoms with E-state index >= 15 is 0 Å². The standard InChI is InChI=1S/3C4H6O6.2Bi.3H2O/c3*5-1(3(7)8)2(6)4(9)10;;;;;/h3*1-2,5-6H,(H,7,8)(H,9,10);;;3*1H2/q;;;2*+3;;;/p-6. The minimum absolute atomic E-state index is 0. The van der Waals surface area contributed by atoms with Crippen molar-refractivity contribution in [1.29, 1.82) is 0 Å². The van der Waals surface area contributed by atoms with Crippen molar-refractivity contribution in [2.24, 2.45) is 0 Å². The van der Waals surface area contributed by atoms with Gasteiger partial charge in [0, 0.05) is 0 Å². The van der Waals surface area contributed by atoms with Gasteiger partial charge in [0.2, 0.25) is 0 Å². The van der Waals surface area contributed by atoms with Gasteiger partial charge in [0.05, 0.1) is 0 Å². The molecule has 21 nitrogen and oxygen atoms in total. The molecule has 0 amide bonds. The van der Waals surface area contributed by atoms with Crippen LogP contribution in [0.1, 0.15) is 0 Å². The summed E-state index contributed by atoms with van der Waals surface area (Å²) < 4.78 is 26.5. The summed E-state index contributed by atoms with van der Waals surface area (Å²) >= 11 is -9.66. The normalized spacial score (nSPS) is 26.8. The van der Waals surface area contributed by atoms with E-state index in [1.165, 1.54) is 0 Å². The Hall–Kier alpha value is -1.77. The quantitative estimate of drug-likeness (QED) is 0.139. The zero-order valence-corrected chi connectivity index (χ0v) is 23.4. The summed E-state index contributed by atoms with van der Waals surface area (Å²) in [5, 5.41) is 56.6. The molecule has 6 atom stereocenters. The van der Waals surface area contributed by atoms with Gasteiger partial charge in [-0.3, -0.25) is 0 Å². The van der Waals surface area contributed by atoms with Crippen molar-refractivity contribution in [2.75, 3.05) is 0 Å². The molecular formula is C12H18Bi2O21. The molecule has 35 heavy (non-hydrogen) atoms. The van der Waals surface area contributed by atoms with E-state index in [0.717, 1.165) is 0 Å². The third-order valence-electron chi connectivity index (χ3n) is 3.33. The maximum atomic E-state index is 11.9. The Balaban J connectivity index is 0. The van der Waals surface area contributed by atoms with E-state index in [9.17, 15) is 59.4 Å². The first-order valence-corrected chi connectivity index (χ1v) is 16.3. The number of hydrogen-bond donors (Lipinski definition) is 6. The van der Waals surface area contributed by atoms with E-state index in [2.05, 4.69) is 16.9 Å². The molecule has 0 aromatic rings. The van der Waals surface area contributed by atoms with Crippen LogP contribution in [0.15, 0.2) is 0 Å². The second-order valence-corrected chi connectivity index (χ2v) is 13.3. The molecule has 0 bridgehead atoms. The molecule has 0 aromatic heterocycles. The van der Waals surface area contributed by atoms with Crippen molar-refractivity contribution in [3.05, 3.63) is 0 Å². The van der Waals surface area contributed by atoms with Gasteiger partial charge in [-0.1, -0.05) is 0 Å². The van der Waals surface area contributed by atoms with Crippen molar-refractivity contribution >= 4 is 82.0 Å². The average molecular weight is 916 g/mol. The third kappa shape index (κ3) is 8.68. The van der Waals surface area contributed by atoms with Gasteiger partial charge in [-0.2, -0.15) is 0 Å². The van der Waals surface area contributed by atoms with Gasteiger partial charge in [-0.15, -0.1) is 0 Å². The van der Waals surface area contributed by atoms with Gasteiger partial charge in [0.15, 0.2) is 0 Å². The Morgan fingerprint density at radius 2 is 0.800 bits per heavy atom. The second-order valence-electron chi connectivity index (χ2n) is 5.58. The number of carbonyl (C=O) groups is 6. The topological polar surface area (TPSA) is 374 Å². The summed E-state index contributed by atoms with van der Waals surface area (Å²) in [5.41, 5.74) is 0. The summed E-state index contributed by atoms with van der Waals surface area (Å²) in [6.45, 7) is 0. The first-order chi connectivity index (χ1) is 14.8. The monoisotopic (exact) mass is 916 g/mol. The Kier molecular flexibility index (Phi) is 14.9. The summed E-state index contributed by atoms with van der Waals surface area (Å²) in [7, 11) is 0. The van der Waals surface area contributed by atoms with Gasteiger partial charge >= 0.3 is 195 Å². The van der Waals surface area contributed by atoms with Crippen LogP contribution < -0.4 is 0 Å². The fraction of sp³-hybridized carbons (Fsp3) is 0.500. The maximum absolute atomic E-state index is 11.9. The van der Waals surface area contributed by atoms with E-state index in [4.69, 9.17) is 0 Å². The van der Waals surface area contributed by atoms with Crippen LogP contribution in [-0.4, -0.2) is 166 Å². The minimum atomic E-state index is -4.83. The molecule has 23 heteroatoms. The van der Waals surface area contributed by atoms with Crippen molar-refractivity contribution in [1.82, 2.24) is 0 Å². The van der Waals surface area contributed by atoms with Gasteiger partial charge in [0.25, 0.3) is 0 Å². The Morgan fingerprint density at radius 1 is 0.600 bits per heavy atom. The average Bonchev–Trinajstić information content (AvgIpc) is 2.88. The molecule has 0 saturated carbocycles. The number of aliphatic hydroxyl groups excluding tert-OH is 6. The van der Waals surface area contributed by atoms with Crippen LogP contribution in [0.4, 0.5) is 0 Å². The van der Waals surface area contributed by atoms with Crippen LogP contribution in [0.25, 0.3) is 0 Å². The van der Waals surface area contributed by atoms with Gasteiger partial charge in [0.1, 0.15) is 0 Å². The predicted molar refractivity (Wildman–Crippen MR) is 94.9 cm³/mol. The van der Waals surface area contributed by atoms with E-state index in [1.807, 2.05) is 0 Å². The summed E-state index contributed by atoms with van der Waals surface area (Å²) in [4.78, 5) is 69.4. The van der Waals surface area contributed by atoms with Crippen molar-refractivity contribution < 1.29 is 92.7 Å². The first kappa shape index (κ1) is 35.4. The predicted octanol–water partition coefficient (Wildman–Crippen LogP) is -10.1. The van der Waals surface area contributed by atoms with E-state index in [1.54, 1.807) is 0 Å². The molecule has 12 N–H and O–H groups in total. The Bertz CT molecular complexity index is 706. The molecule has 2 aliphatic heterocycles. The van der Waals surface area contributed by atoms with E-state index < -0.39 is 119 Å².